The highest BCUT2D eigenvalue weighted by atomic mass is 32.1. The van der Waals surface area contributed by atoms with Crippen molar-refractivity contribution in [1.29, 1.82) is 0 Å². The summed E-state index contributed by atoms with van der Waals surface area (Å²) < 4.78 is 0. The van der Waals surface area contributed by atoms with Crippen LogP contribution in [0.15, 0.2) is 16.8 Å². The number of amides is 2. The van der Waals surface area contributed by atoms with Crippen molar-refractivity contribution in [2.24, 2.45) is 0 Å². The molecule has 4 nitrogen and oxygen atoms in total. The van der Waals surface area contributed by atoms with Gasteiger partial charge in [-0.1, -0.05) is 13.3 Å². The van der Waals surface area contributed by atoms with Crippen molar-refractivity contribution in [2.45, 2.75) is 26.2 Å². The molecule has 0 saturated carbocycles. The number of hydrogen-bond donors (Lipinski definition) is 2. The summed E-state index contributed by atoms with van der Waals surface area (Å²) in [6.45, 7) is 3.17. The molecule has 17 heavy (non-hydrogen) atoms. The number of thiophene rings is 1. The molecule has 0 aliphatic carbocycles. The third-order valence-electron chi connectivity index (χ3n) is 2.27. The highest BCUT2D eigenvalue weighted by Gasteiger charge is 2.06. The zero-order valence-corrected chi connectivity index (χ0v) is 10.8. The molecule has 0 fully saturated rings. The Balaban J connectivity index is 2.11. The Kier molecular flexibility index (Phi) is 6.32. The number of carbonyl (C=O) groups is 2. The lowest BCUT2D eigenvalue weighted by Gasteiger charge is -2.05. The molecule has 0 aromatic carbocycles. The first-order chi connectivity index (χ1) is 8.24. The van der Waals surface area contributed by atoms with Crippen LogP contribution in [0.2, 0.25) is 0 Å². The standard InChI is InChI=1S/C12H18N2O2S/c1-2-3-6-13-11(15)4-7-14-12(16)10-5-8-17-9-10/h5,8-9H,2-4,6-7H2,1H3,(H,13,15)(H,14,16). The van der Waals surface area contributed by atoms with E-state index in [0.717, 1.165) is 12.8 Å². The van der Waals surface area contributed by atoms with Gasteiger partial charge in [0.2, 0.25) is 5.91 Å². The summed E-state index contributed by atoms with van der Waals surface area (Å²) in [6.07, 6.45) is 2.39. The molecule has 2 amide bonds. The Morgan fingerprint density at radius 2 is 2.12 bits per heavy atom. The summed E-state index contributed by atoms with van der Waals surface area (Å²) in [7, 11) is 0. The van der Waals surface area contributed by atoms with Crippen molar-refractivity contribution in [3.8, 4) is 0 Å². The molecule has 0 saturated heterocycles. The number of nitrogens with one attached hydrogen (secondary N) is 2. The monoisotopic (exact) mass is 254 g/mol. The van der Waals surface area contributed by atoms with E-state index in [1.165, 1.54) is 11.3 Å². The van der Waals surface area contributed by atoms with Gasteiger partial charge in [-0.15, -0.1) is 0 Å². The number of unbranched alkanes of at least 4 members (excludes halogenated alkanes) is 1. The van der Waals surface area contributed by atoms with Crippen LogP contribution in [0.1, 0.15) is 36.5 Å². The second-order valence-corrected chi connectivity index (χ2v) is 4.50. The number of rotatable bonds is 7. The first kappa shape index (κ1) is 13.7. The van der Waals surface area contributed by atoms with Crippen LogP contribution in [0, 0.1) is 0 Å². The van der Waals surface area contributed by atoms with Crippen LogP contribution in [0.4, 0.5) is 0 Å². The first-order valence-electron chi connectivity index (χ1n) is 5.81. The van der Waals surface area contributed by atoms with Crippen molar-refractivity contribution >= 4 is 23.2 Å². The van der Waals surface area contributed by atoms with Gasteiger partial charge in [-0.3, -0.25) is 9.59 Å². The molecule has 1 heterocycles. The topological polar surface area (TPSA) is 58.2 Å². The summed E-state index contributed by atoms with van der Waals surface area (Å²) in [5.74, 6) is -0.128. The summed E-state index contributed by atoms with van der Waals surface area (Å²) in [6, 6.07) is 1.77. The molecular formula is C12H18N2O2S. The van der Waals surface area contributed by atoms with Crippen molar-refractivity contribution < 1.29 is 9.59 Å². The average molecular weight is 254 g/mol. The van der Waals surface area contributed by atoms with E-state index in [1.807, 2.05) is 5.38 Å². The maximum Gasteiger partial charge on any atom is 0.252 e. The Bertz CT molecular complexity index is 349. The maximum absolute atomic E-state index is 11.5. The fourth-order valence-electron chi connectivity index (χ4n) is 1.28. The van der Waals surface area contributed by atoms with Gasteiger partial charge in [0.05, 0.1) is 0 Å². The normalized spacial score (nSPS) is 9.94. The van der Waals surface area contributed by atoms with E-state index < -0.39 is 0 Å². The second kappa shape index (κ2) is 7.84. The van der Waals surface area contributed by atoms with Crippen LogP contribution in [-0.4, -0.2) is 24.9 Å². The Morgan fingerprint density at radius 3 is 2.76 bits per heavy atom. The molecular weight excluding hydrogens is 236 g/mol. The van der Waals surface area contributed by atoms with Crippen LogP contribution < -0.4 is 10.6 Å². The zero-order valence-electron chi connectivity index (χ0n) is 9.99. The van der Waals surface area contributed by atoms with E-state index in [9.17, 15) is 9.59 Å². The van der Waals surface area contributed by atoms with E-state index >= 15 is 0 Å². The molecule has 1 aromatic heterocycles. The molecule has 2 N–H and O–H groups in total. The van der Waals surface area contributed by atoms with Gasteiger partial charge in [0.1, 0.15) is 0 Å². The van der Waals surface area contributed by atoms with Crippen LogP contribution in [-0.2, 0) is 4.79 Å². The van der Waals surface area contributed by atoms with Gasteiger partial charge in [0, 0.05) is 30.5 Å². The predicted octanol–water partition coefficient (Wildman–Crippen LogP) is 1.78. The molecule has 0 spiro atoms. The molecule has 5 heteroatoms. The van der Waals surface area contributed by atoms with Crippen LogP contribution >= 0.6 is 11.3 Å². The summed E-state index contributed by atoms with van der Waals surface area (Å²) in [5, 5.41) is 9.16. The van der Waals surface area contributed by atoms with Crippen LogP contribution in [0.25, 0.3) is 0 Å². The molecule has 0 aliphatic rings. The van der Waals surface area contributed by atoms with E-state index in [1.54, 1.807) is 11.4 Å². The molecule has 0 radical (unpaired) electrons. The maximum atomic E-state index is 11.5. The van der Waals surface area contributed by atoms with Gasteiger partial charge in [-0.25, -0.2) is 0 Å². The largest absolute Gasteiger partial charge is 0.356 e. The van der Waals surface area contributed by atoms with E-state index in [4.69, 9.17) is 0 Å². The zero-order chi connectivity index (χ0) is 12.5. The Morgan fingerprint density at radius 1 is 1.29 bits per heavy atom. The highest BCUT2D eigenvalue weighted by Crippen LogP contribution is 2.04. The van der Waals surface area contributed by atoms with E-state index in [0.29, 0.717) is 25.1 Å². The SMILES string of the molecule is CCCCNC(=O)CCNC(=O)c1ccsc1. The number of carbonyl (C=O) groups excluding carboxylic acids is 2. The fourth-order valence-corrected chi connectivity index (χ4v) is 1.91. The molecule has 1 aromatic rings. The molecule has 94 valence electrons. The first-order valence-corrected chi connectivity index (χ1v) is 6.75. The summed E-state index contributed by atoms with van der Waals surface area (Å²) in [5.41, 5.74) is 0.654. The summed E-state index contributed by atoms with van der Waals surface area (Å²) in [4.78, 5) is 22.8. The summed E-state index contributed by atoms with van der Waals surface area (Å²) >= 11 is 1.48. The lowest BCUT2D eigenvalue weighted by molar-refractivity contribution is -0.120. The second-order valence-electron chi connectivity index (χ2n) is 3.72. The third kappa shape index (κ3) is 5.49. The smallest absolute Gasteiger partial charge is 0.252 e. The van der Waals surface area contributed by atoms with E-state index in [2.05, 4.69) is 17.6 Å². The minimum absolute atomic E-state index is 0.0101. The Labute approximate surface area is 105 Å². The minimum Gasteiger partial charge on any atom is -0.356 e. The van der Waals surface area contributed by atoms with Gasteiger partial charge >= 0.3 is 0 Å². The van der Waals surface area contributed by atoms with Gasteiger partial charge in [-0.2, -0.15) is 11.3 Å². The van der Waals surface area contributed by atoms with Crippen molar-refractivity contribution in [2.75, 3.05) is 13.1 Å². The molecule has 0 atom stereocenters. The van der Waals surface area contributed by atoms with Crippen LogP contribution in [0.3, 0.4) is 0 Å². The van der Waals surface area contributed by atoms with Crippen LogP contribution in [0.5, 0.6) is 0 Å². The molecule has 0 unspecified atom stereocenters. The number of hydrogen-bond acceptors (Lipinski definition) is 3. The minimum atomic E-state index is -0.118. The van der Waals surface area contributed by atoms with Gasteiger partial charge in [-0.05, 0) is 17.9 Å². The highest BCUT2D eigenvalue weighted by molar-refractivity contribution is 7.08. The molecule has 1 rings (SSSR count). The average Bonchev–Trinajstić information content (AvgIpc) is 2.82. The van der Waals surface area contributed by atoms with Gasteiger partial charge in [0.25, 0.3) is 5.91 Å². The third-order valence-corrected chi connectivity index (χ3v) is 2.96. The molecule has 0 bridgehead atoms. The molecule has 0 aliphatic heterocycles. The van der Waals surface area contributed by atoms with Gasteiger partial charge < -0.3 is 10.6 Å². The van der Waals surface area contributed by atoms with E-state index in [-0.39, 0.29) is 11.8 Å². The lowest BCUT2D eigenvalue weighted by Crippen LogP contribution is -2.30. The predicted molar refractivity (Wildman–Crippen MR) is 69.2 cm³/mol. The van der Waals surface area contributed by atoms with Crippen molar-refractivity contribution in [1.82, 2.24) is 10.6 Å². The van der Waals surface area contributed by atoms with Gasteiger partial charge in [0.15, 0.2) is 0 Å². The lowest BCUT2D eigenvalue weighted by atomic mass is 10.3. The van der Waals surface area contributed by atoms with Crippen molar-refractivity contribution in [3.63, 3.8) is 0 Å². The Hall–Kier alpha value is -1.36. The van der Waals surface area contributed by atoms with Crippen molar-refractivity contribution in [3.05, 3.63) is 22.4 Å². The quantitative estimate of drug-likeness (QED) is 0.729. The fraction of sp³-hybridized carbons (Fsp3) is 0.500.